The number of β-lactam (4-membered cyclic amide) rings is 1. The number of nitrogens with two attached hydrogens (primary N) is 1. The van der Waals surface area contributed by atoms with Crippen LogP contribution >= 0.6 is 11.3 Å². The van der Waals surface area contributed by atoms with Gasteiger partial charge in [0.05, 0.1) is 4.92 Å². The van der Waals surface area contributed by atoms with E-state index >= 15 is 0 Å². The number of nitro benzene ring substituents is 1. The number of nitro groups is 1. The summed E-state index contributed by atoms with van der Waals surface area (Å²) in [7, 11) is -3.97. The molecule has 1 aliphatic rings. The lowest BCUT2D eigenvalue weighted by molar-refractivity contribution is -0.384. The second kappa shape index (κ2) is 11.8. The molecule has 0 aliphatic carbocycles. The van der Waals surface area contributed by atoms with Crippen LogP contribution in [0.4, 0.5) is 10.8 Å². The zero-order chi connectivity index (χ0) is 30.7. The van der Waals surface area contributed by atoms with Crippen molar-refractivity contribution in [3.05, 3.63) is 51.0 Å². The molecule has 1 aromatic carbocycles. The van der Waals surface area contributed by atoms with Crippen LogP contribution in [0.25, 0.3) is 0 Å². The van der Waals surface area contributed by atoms with Crippen molar-refractivity contribution in [2.24, 2.45) is 5.16 Å². The fourth-order valence-electron chi connectivity index (χ4n) is 3.31. The van der Waals surface area contributed by atoms with E-state index in [9.17, 15) is 42.3 Å². The average molecular weight is 614 g/mol. The lowest BCUT2D eigenvalue weighted by atomic mass is 9.97. The third-order valence-corrected chi connectivity index (χ3v) is 7.03. The third-order valence-electron chi connectivity index (χ3n) is 5.46. The number of hydrogen-bond acceptors (Lipinski definition) is 14. The Hall–Kier alpha value is -4.69. The Morgan fingerprint density at radius 3 is 2.44 bits per heavy atom. The standard InChI is InChI=1S/C21H23N7O11S2/c1-21(2,19(32)38-8-10-4-6-11(7-5-10)28(33)34)39-26-13(12-9-40-20(22)24-12)16(29)25-14-15(17(30)23-3)27(18(14)31)41(35,36)37/h4-7,9,14-15H,8H2,1-3H3,(H2,22,24)(H,23,30)(H,25,29)(H,35,36,37)/t14-,15-/m1/s1. The van der Waals surface area contributed by atoms with Gasteiger partial charge in [-0.25, -0.2) is 9.78 Å². The SMILES string of the molecule is CNC(=O)[C@H]1[C@@H](NC(=O)C(=NOC(C)(C)C(=O)OCc2ccc([N+](=O)[O-])cc2)c2csc(N)n2)C(=O)N1S(=O)(=O)O. The number of nitrogens with zero attached hydrogens (tertiary/aromatic N) is 4. The van der Waals surface area contributed by atoms with Crippen molar-refractivity contribution < 1.29 is 46.6 Å². The fourth-order valence-corrected chi connectivity index (χ4v) is 4.70. The normalized spacial score (nSPS) is 17.3. The number of nitrogen functional groups attached to an aromatic ring is 1. The summed E-state index contributed by atoms with van der Waals surface area (Å²) in [6.07, 6.45) is 0. The number of benzene rings is 1. The monoisotopic (exact) mass is 613 g/mol. The van der Waals surface area contributed by atoms with Gasteiger partial charge in [-0.05, 0) is 31.5 Å². The molecule has 2 atom stereocenters. The number of amides is 3. The molecule has 1 saturated heterocycles. The largest absolute Gasteiger partial charge is 0.458 e. The van der Waals surface area contributed by atoms with Gasteiger partial charge in [0.2, 0.25) is 11.5 Å². The van der Waals surface area contributed by atoms with Gasteiger partial charge in [0, 0.05) is 24.6 Å². The van der Waals surface area contributed by atoms with E-state index < -0.39 is 62.3 Å². The molecule has 18 nitrogen and oxygen atoms in total. The summed E-state index contributed by atoms with van der Waals surface area (Å²) < 4.78 is 37.4. The van der Waals surface area contributed by atoms with Crippen molar-refractivity contribution in [2.45, 2.75) is 38.1 Å². The van der Waals surface area contributed by atoms with E-state index in [1.807, 2.05) is 0 Å². The van der Waals surface area contributed by atoms with Gasteiger partial charge in [-0.3, -0.25) is 29.1 Å². The summed E-state index contributed by atoms with van der Waals surface area (Å²) in [6, 6.07) is 1.73. The minimum Gasteiger partial charge on any atom is -0.458 e. The van der Waals surface area contributed by atoms with Crippen molar-refractivity contribution in [2.75, 3.05) is 12.8 Å². The number of likely N-dealkylation sites (N-methyl/N-ethyl adjacent to an activating group) is 1. The van der Waals surface area contributed by atoms with Crippen LogP contribution in [0.2, 0.25) is 0 Å². The molecular weight excluding hydrogens is 590 g/mol. The lowest BCUT2D eigenvalue weighted by Crippen LogP contribution is -2.76. The van der Waals surface area contributed by atoms with Crippen LogP contribution in [0.5, 0.6) is 0 Å². The fraction of sp³-hybridized carbons (Fsp3) is 0.333. The van der Waals surface area contributed by atoms with E-state index in [0.29, 0.717) is 5.56 Å². The summed E-state index contributed by atoms with van der Waals surface area (Å²) in [6.45, 7) is 2.26. The van der Waals surface area contributed by atoms with Gasteiger partial charge >= 0.3 is 16.3 Å². The van der Waals surface area contributed by atoms with Crippen molar-refractivity contribution >= 4 is 61.9 Å². The van der Waals surface area contributed by atoms with Crippen molar-refractivity contribution in [3.63, 3.8) is 0 Å². The Labute approximate surface area is 235 Å². The minimum absolute atomic E-state index is 0.0165. The number of anilines is 1. The van der Waals surface area contributed by atoms with E-state index in [2.05, 4.69) is 20.8 Å². The van der Waals surface area contributed by atoms with E-state index in [-0.39, 0.29) is 27.4 Å². The summed E-state index contributed by atoms with van der Waals surface area (Å²) in [5.74, 6) is -4.40. The predicted molar refractivity (Wildman–Crippen MR) is 139 cm³/mol. The lowest BCUT2D eigenvalue weighted by Gasteiger charge is -2.42. The van der Waals surface area contributed by atoms with Crippen molar-refractivity contribution in [3.8, 4) is 0 Å². The van der Waals surface area contributed by atoms with Gasteiger partial charge in [-0.1, -0.05) is 5.16 Å². The second-order valence-corrected chi connectivity index (χ2v) is 10.9. The highest BCUT2D eigenvalue weighted by atomic mass is 32.2. The maximum atomic E-state index is 13.1. The first-order chi connectivity index (χ1) is 19.1. The highest BCUT2D eigenvalue weighted by Crippen LogP contribution is 2.24. The molecular formula is C21H23N7O11S2. The number of oxime groups is 1. The number of rotatable bonds is 11. The van der Waals surface area contributed by atoms with Crippen LogP contribution in [0.3, 0.4) is 0 Å². The molecule has 2 heterocycles. The average Bonchev–Trinajstić information content (AvgIpc) is 3.33. The molecule has 41 heavy (non-hydrogen) atoms. The zero-order valence-electron chi connectivity index (χ0n) is 21.5. The first-order valence-electron chi connectivity index (χ1n) is 11.3. The van der Waals surface area contributed by atoms with E-state index in [0.717, 1.165) is 18.4 Å². The molecule has 20 heteroatoms. The highest BCUT2D eigenvalue weighted by molar-refractivity contribution is 7.84. The number of non-ortho nitro benzene ring substituents is 1. The molecule has 2 aromatic rings. The summed E-state index contributed by atoms with van der Waals surface area (Å²) in [5, 5.41) is 20.1. The molecule has 5 N–H and O–H groups in total. The molecule has 220 valence electrons. The Morgan fingerprint density at radius 1 is 1.29 bits per heavy atom. The van der Waals surface area contributed by atoms with Gasteiger partial charge in [-0.15, -0.1) is 11.3 Å². The molecule has 0 bridgehead atoms. The number of nitrogens with one attached hydrogen (secondary N) is 2. The van der Waals surface area contributed by atoms with E-state index in [4.69, 9.17) is 15.3 Å². The molecule has 0 radical (unpaired) electrons. The Kier molecular flexibility index (Phi) is 8.89. The summed E-state index contributed by atoms with van der Waals surface area (Å²) in [5.41, 5.74) is 3.39. The Balaban J connectivity index is 1.78. The number of carbonyl (C=O) groups is 4. The zero-order valence-corrected chi connectivity index (χ0v) is 23.1. The maximum Gasteiger partial charge on any atom is 0.363 e. The number of thiazole rings is 1. The molecule has 0 spiro atoms. The van der Waals surface area contributed by atoms with Gasteiger partial charge in [-0.2, -0.15) is 12.7 Å². The number of esters is 1. The van der Waals surface area contributed by atoms with E-state index in [1.165, 1.54) is 43.5 Å². The van der Waals surface area contributed by atoms with Gasteiger partial charge in [0.15, 0.2) is 16.9 Å². The number of ether oxygens (including phenoxy) is 1. The minimum atomic E-state index is -5.12. The maximum absolute atomic E-state index is 13.1. The topological polar surface area (TPSA) is 263 Å². The Bertz CT molecular complexity index is 1520. The van der Waals surface area contributed by atoms with Gasteiger partial charge < -0.3 is 25.9 Å². The number of hydrogen-bond donors (Lipinski definition) is 4. The first-order valence-corrected chi connectivity index (χ1v) is 13.6. The second-order valence-electron chi connectivity index (χ2n) is 8.73. The smallest absolute Gasteiger partial charge is 0.363 e. The summed E-state index contributed by atoms with van der Waals surface area (Å²) >= 11 is 0.915. The molecule has 1 aliphatic heterocycles. The molecule has 3 rings (SSSR count). The molecule has 1 aromatic heterocycles. The third kappa shape index (κ3) is 6.91. The Morgan fingerprint density at radius 2 is 1.93 bits per heavy atom. The first kappa shape index (κ1) is 30.8. The quantitative estimate of drug-likeness (QED) is 0.0600. The molecule has 0 saturated carbocycles. The highest BCUT2D eigenvalue weighted by Gasteiger charge is 2.57. The predicted octanol–water partition coefficient (Wildman–Crippen LogP) is -0.879. The van der Waals surface area contributed by atoms with Crippen LogP contribution in [0.1, 0.15) is 25.1 Å². The molecule has 1 fully saturated rings. The van der Waals surface area contributed by atoms with Gasteiger partial charge in [0.1, 0.15) is 18.3 Å². The van der Waals surface area contributed by atoms with Crippen molar-refractivity contribution in [1.82, 2.24) is 19.9 Å². The van der Waals surface area contributed by atoms with Crippen LogP contribution < -0.4 is 16.4 Å². The van der Waals surface area contributed by atoms with Crippen LogP contribution in [0.15, 0.2) is 34.8 Å². The molecule has 0 unspecified atom stereocenters. The van der Waals surface area contributed by atoms with E-state index in [1.54, 1.807) is 0 Å². The summed E-state index contributed by atoms with van der Waals surface area (Å²) in [4.78, 5) is 69.7. The van der Waals surface area contributed by atoms with Crippen LogP contribution in [-0.2, 0) is 45.7 Å². The van der Waals surface area contributed by atoms with Gasteiger partial charge in [0.25, 0.3) is 17.5 Å². The van der Waals surface area contributed by atoms with Crippen LogP contribution in [0, 0.1) is 10.1 Å². The number of carbonyl (C=O) groups excluding carboxylic acids is 4. The molecule has 3 amide bonds. The number of aromatic nitrogens is 1. The van der Waals surface area contributed by atoms with Crippen molar-refractivity contribution in [1.29, 1.82) is 0 Å². The van der Waals surface area contributed by atoms with Crippen LogP contribution in [-0.4, -0.2) is 81.3 Å².